The Morgan fingerprint density at radius 3 is 0.833 bits per heavy atom. The number of nitrogens with two attached hydrogens (primary N) is 2. The van der Waals surface area contributed by atoms with Crippen LogP contribution in [0.3, 0.4) is 0 Å². The van der Waals surface area contributed by atoms with Crippen molar-refractivity contribution >= 4 is 33.7 Å². The molecule has 0 spiro atoms. The fourth-order valence-corrected chi connectivity index (χ4v) is 5.46. The van der Waals surface area contributed by atoms with Crippen molar-refractivity contribution in [2.45, 2.75) is 0 Å². The van der Waals surface area contributed by atoms with Gasteiger partial charge >= 0.3 is 0 Å². The largest absolute Gasteiger partial charge is 0.399 e. The van der Waals surface area contributed by atoms with Crippen molar-refractivity contribution in [1.82, 2.24) is 0 Å². The Morgan fingerprint density at radius 2 is 0.533 bits per heavy atom. The number of benzene rings is 6. The van der Waals surface area contributed by atoms with E-state index in [4.69, 9.17) is 11.5 Å². The zero-order valence-electron chi connectivity index (χ0n) is 32.3. The molecule has 4 N–H and O–H groups in total. The average molecular weight is 757 g/mol. The minimum Gasteiger partial charge on any atom is -0.399 e. The summed E-state index contributed by atoms with van der Waals surface area (Å²) >= 11 is 0. The molecule has 0 aliphatic heterocycles. The molecule has 1 aliphatic carbocycles. The van der Waals surface area contributed by atoms with E-state index in [1.54, 1.807) is 0 Å². The van der Waals surface area contributed by atoms with Gasteiger partial charge in [0.1, 0.15) is 11.1 Å². The maximum Gasteiger partial charge on any atom is 0.125 e. The number of hydrogen-bond donors (Lipinski definition) is 2. The van der Waals surface area contributed by atoms with Gasteiger partial charge in [-0.1, -0.05) is 180 Å². The van der Waals surface area contributed by atoms with Crippen LogP contribution in [-0.4, -0.2) is 0 Å². The van der Waals surface area contributed by atoms with Crippen molar-refractivity contribution in [3.8, 4) is 59.2 Å². The van der Waals surface area contributed by atoms with E-state index >= 15 is 0 Å². The summed E-state index contributed by atoms with van der Waals surface area (Å²) < 4.78 is 0. The lowest BCUT2D eigenvalue weighted by Gasteiger charge is -1.98. The molecule has 0 atom stereocenters. The molecule has 6 aromatic rings. The fraction of sp³-hybridized carbons (Fsp3) is 0. The first kappa shape index (κ1) is 38.9. The summed E-state index contributed by atoms with van der Waals surface area (Å²) in [6, 6.07) is 53.8. The Labute approximate surface area is 351 Å². The molecule has 0 radical (unpaired) electrons. The number of nitrogen functional groups attached to an aromatic ring is 2. The van der Waals surface area contributed by atoms with Crippen LogP contribution in [0.5, 0.6) is 0 Å². The summed E-state index contributed by atoms with van der Waals surface area (Å²) in [7, 11) is 0. The second-order valence-corrected chi connectivity index (χ2v) is 13.0. The molecule has 6 aromatic carbocycles. The number of hydrogen-bond acceptors (Lipinski definition) is 2. The predicted molar refractivity (Wildman–Crippen MR) is 246 cm³/mol. The van der Waals surface area contributed by atoms with Gasteiger partial charge in [-0.25, -0.2) is 0 Å². The van der Waals surface area contributed by atoms with Gasteiger partial charge in [0.05, 0.1) is 22.3 Å². The molecule has 0 saturated carbocycles. The molecule has 0 unspecified atom stereocenters. The molecule has 7 rings (SSSR count). The number of rotatable bonds is 4. The molecule has 0 heterocycles. The van der Waals surface area contributed by atoms with Gasteiger partial charge in [0.2, 0.25) is 0 Å². The highest BCUT2D eigenvalue weighted by molar-refractivity contribution is 5.87. The Morgan fingerprint density at radius 1 is 0.267 bits per heavy atom. The van der Waals surface area contributed by atoms with Crippen molar-refractivity contribution < 1.29 is 0 Å². The van der Waals surface area contributed by atoms with Crippen LogP contribution in [0.2, 0.25) is 0 Å². The zero-order chi connectivity index (χ0) is 41.2. The Kier molecular flexibility index (Phi) is 12.9. The lowest BCUT2D eigenvalue weighted by molar-refractivity contribution is 1.63. The fourth-order valence-electron chi connectivity index (χ4n) is 5.46. The van der Waals surface area contributed by atoms with Crippen molar-refractivity contribution in [1.29, 1.82) is 0 Å². The molecule has 0 saturated heterocycles. The molecular formula is C58H32N2. The second-order valence-electron chi connectivity index (χ2n) is 13.0. The van der Waals surface area contributed by atoms with Gasteiger partial charge in [0.25, 0.3) is 0 Å². The van der Waals surface area contributed by atoms with Gasteiger partial charge in [-0.05, 0) is 106 Å². The maximum atomic E-state index is 5.95. The molecule has 0 amide bonds. The molecular weight excluding hydrogens is 725 g/mol. The predicted octanol–water partition coefficient (Wildman–Crippen LogP) is 10.7. The second kappa shape index (κ2) is 20.0. The Hall–Kier alpha value is -9.38. The van der Waals surface area contributed by atoms with Gasteiger partial charge in [0.15, 0.2) is 0 Å². The van der Waals surface area contributed by atoms with Crippen LogP contribution >= 0.6 is 0 Å². The highest BCUT2D eigenvalue weighted by Gasteiger charge is 2.02. The summed E-state index contributed by atoms with van der Waals surface area (Å²) in [4.78, 5) is 0. The molecule has 0 aromatic heterocycles. The average Bonchev–Trinajstić information content (AvgIpc) is 3.30. The molecule has 0 fully saturated rings. The first-order valence-corrected chi connectivity index (χ1v) is 18.9. The van der Waals surface area contributed by atoms with Gasteiger partial charge < -0.3 is 11.5 Å². The van der Waals surface area contributed by atoms with E-state index in [-0.39, 0.29) is 0 Å². The third kappa shape index (κ3) is 11.3. The van der Waals surface area contributed by atoms with Crippen LogP contribution in [0, 0.1) is 59.2 Å². The van der Waals surface area contributed by atoms with Gasteiger partial charge in [0, 0.05) is 22.5 Å². The van der Waals surface area contributed by atoms with Crippen LogP contribution in [0.25, 0.3) is 22.3 Å². The molecule has 274 valence electrons. The first-order chi connectivity index (χ1) is 29.6. The smallest absolute Gasteiger partial charge is 0.125 e. The van der Waals surface area contributed by atoms with E-state index < -0.39 is 0 Å². The first-order valence-electron chi connectivity index (χ1n) is 18.9. The zero-order valence-corrected chi connectivity index (χ0v) is 32.3. The molecule has 60 heavy (non-hydrogen) atoms. The molecule has 0 bridgehead atoms. The van der Waals surface area contributed by atoms with Crippen LogP contribution in [-0.2, 0) is 0 Å². The SMILES string of the molecule is Nc1ccc(C#CC2=C=C=C(c3ccccc3)C#CC(c3ccccc3)=C=C=C(C#Cc3ccc(N)cc3)C#CC(c3ccccc3)=C=C=C(c3ccccc3)C#C2)cc1. The summed E-state index contributed by atoms with van der Waals surface area (Å²) in [5.41, 5.74) is 40.9. The number of anilines is 2. The monoisotopic (exact) mass is 756 g/mol. The van der Waals surface area contributed by atoms with Crippen LogP contribution < -0.4 is 11.5 Å². The van der Waals surface area contributed by atoms with Crippen molar-refractivity contribution in [2.24, 2.45) is 0 Å². The lowest BCUT2D eigenvalue weighted by Crippen LogP contribution is -1.84. The van der Waals surface area contributed by atoms with Crippen LogP contribution in [0.4, 0.5) is 11.4 Å². The standard InChI is InChI=1S/C58H32N2/c59-57-41-29-47(30-42-57)23-21-45-25-33-53(49-13-5-1-6-14-49)37-38-54(50-15-7-2-8-16-50)34-27-46(22-24-48-31-43-58(60)44-32-48)28-36-56(52-19-11-4-12-20-52)40-39-55(35-26-45)51-17-9-3-10-18-51/h1-20,29-32,41-44H,59-60H2. The van der Waals surface area contributed by atoms with E-state index in [1.807, 2.05) is 170 Å². The van der Waals surface area contributed by atoms with Gasteiger partial charge in [-0.15, -0.1) is 0 Å². The number of allylic oxidation sites excluding steroid dienone is 6. The Bertz CT molecular complexity index is 3010. The van der Waals surface area contributed by atoms with Crippen LogP contribution in [0.15, 0.2) is 215 Å². The molecule has 2 nitrogen and oxygen atoms in total. The minimum atomic E-state index is 0.386. The van der Waals surface area contributed by atoms with E-state index in [0.717, 1.165) is 33.4 Å². The van der Waals surface area contributed by atoms with Crippen molar-refractivity contribution in [2.75, 3.05) is 11.5 Å². The Balaban J connectivity index is 1.61. The van der Waals surface area contributed by atoms with E-state index in [0.29, 0.717) is 44.8 Å². The third-order valence-electron chi connectivity index (χ3n) is 8.61. The third-order valence-corrected chi connectivity index (χ3v) is 8.61. The van der Waals surface area contributed by atoms with Gasteiger partial charge in [-0.2, -0.15) is 0 Å². The topological polar surface area (TPSA) is 52.0 Å². The quantitative estimate of drug-likeness (QED) is 0.107. The normalized spacial score (nSPS) is 11.7. The van der Waals surface area contributed by atoms with Gasteiger partial charge in [-0.3, -0.25) is 0 Å². The van der Waals surface area contributed by atoms with E-state index in [2.05, 4.69) is 93.6 Å². The summed E-state index contributed by atoms with van der Waals surface area (Å²) in [5, 5.41) is 0. The molecule has 2 heteroatoms. The molecule has 1 aliphatic rings. The van der Waals surface area contributed by atoms with Crippen molar-refractivity contribution in [3.63, 3.8) is 0 Å². The summed E-state index contributed by atoms with van der Waals surface area (Å²) in [5.74, 6) is 32.6. The van der Waals surface area contributed by atoms with Crippen molar-refractivity contribution in [3.05, 3.63) is 249 Å². The van der Waals surface area contributed by atoms with E-state index in [1.165, 1.54) is 0 Å². The van der Waals surface area contributed by atoms with Crippen LogP contribution in [0.1, 0.15) is 33.4 Å². The summed E-state index contributed by atoms with van der Waals surface area (Å²) in [6.45, 7) is 0. The highest BCUT2D eigenvalue weighted by atomic mass is 14.5. The lowest BCUT2D eigenvalue weighted by atomic mass is 10.0. The summed E-state index contributed by atoms with van der Waals surface area (Å²) in [6.07, 6.45) is 0. The maximum absolute atomic E-state index is 5.95. The highest BCUT2D eigenvalue weighted by Crippen LogP contribution is 2.18. The minimum absolute atomic E-state index is 0.386. The van der Waals surface area contributed by atoms with E-state index in [9.17, 15) is 0 Å².